The highest BCUT2D eigenvalue weighted by Gasteiger charge is 2.19. The Balaban J connectivity index is 1.86. The Labute approximate surface area is 136 Å². The smallest absolute Gasteiger partial charge is 0.213 e. The van der Waals surface area contributed by atoms with Crippen LogP contribution in [0.4, 0.5) is 0 Å². The molecule has 23 heavy (non-hydrogen) atoms. The second kappa shape index (κ2) is 5.33. The number of aliphatic hydroxyl groups is 1. The lowest BCUT2D eigenvalue weighted by molar-refractivity contribution is 0.274. The maximum atomic E-state index is 9.73. The lowest BCUT2D eigenvalue weighted by atomic mass is 10.1. The summed E-state index contributed by atoms with van der Waals surface area (Å²) in [4.78, 5) is 5.32. The Hall–Kier alpha value is -2.44. The third-order valence-corrected chi connectivity index (χ3v) is 4.91. The lowest BCUT2D eigenvalue weighted by Gasteiger charge is -2.02. The van der Waals surface area contributed by atoms with Crippen molar-refractivity contribution in [1.82, 2.24) is 14.6 Å². The molecule has 0 aliphatic rings. The Morgan fingerprint density at radius 1 is 1.22 bits per heavy atom. The largest absolute Gasteiger partial charge is 0.463 e. The summed E-state index contributed by atoms with van der Waals surface area (Å²) in [5.74, 6) is 0.638. The van der Waals surface area contributed by atoms with Gasteiger partial charge in [0.2, 0.25) is 4.96 Å². The van der Waals surface area contributed by atoms with Crippen molar-refractivity contribution in [3.63, 3.8) is 0 Å². The second-order valence-corrected chi connectivity index (χ2v) is 6.40. The topological polar surface area (TPSA) is 63.6 Å². The number of hydrogen-bond acceptors (Lipinski definition) is 5. The van der Waals surface area contributed by atoms with E-state index in [1.807, 2.05) is 6.07 Å². The van der Waals surface area contributed by atoms with Gasteiger partial charge in [-0.05, 0) is 43.2 Å². The Morgan fingerprint density at radius 3 is 2.78 bits per heavy atom. The first kappa shape index (κ1) is 14.2. The molecule has 0 aliphatic carbocycles. The van der Waals surface area contributed by atoms with Gasteiger partial charge in [0.15, 0.2) is 5.76 Å². The number of aryl methyl sites for hydroxylation is 2. The van der Waals surface area contributed by atoms with Crippen molar-refractivity contribution in [2.75, 3.05) is 0 Å². The molecular formula is C17H15N3O2S. The first-order valence-corrected chi connectivity index (χ1v) is 8.10. The molecule has 4 rings (SSSR count). The molecule has 116 valence electrons. The monoisotopic (exact) mass is 325 g/mol. The average molecular weight is 325 g/mol. The van der Waals surface area contributed by atoms with Crippen LogP contribution in [-0.2, 0) is 6.61 Å². The molecule has 0 bridgehead atoms. The molecule has 6 heteroatoms. The van der Waals surface area contributed by atoms with Crippen molar-refractivity contribution < 1.29 is 9.52 Å². The maximum Gasteiger partial charge on any atom is 0.213 e. The number of aliphatic hydroxyl groups excluding tert-OH is 1. The number of nitrogens with zero attached hydrogens (tertiary/aromatic N) is 3. The molecule has 3 heterocycles. The van der Waals surface area contributed by atoms with Crippen LogP contribution in [0.15, 0.2) is 41.0 Å². The minimum atomic E-state index is -0.146. The summed E-state index contributed by atoms with van der Waals surface area (Å²) in [6.07, 6.45) is 1.60. The number of hydrogen-bond donors (Lipinski definition) is 1. The van der Waals surface area contributed by atoms with Gasteiger partial charge >= 0.3 is 0 Å². The van der Waals surface area contributed by atoms with Crippen LogP contribution in [0.1, 0.15) is 16.8 Å². The van der Waals surface area contributed by atoms with Crippen LogP contribution in [0.25, 0.3) is 27.0 Å². The summed E-state index contributed by atoms with van der Waals surface area (Å²) < 4.78 is 7.10. The number of rotatable bonds is 3. The van der Waals surface area contributed by atoms with E-state index in [0.29, 0.717) is 17.1 Å². The summed E-state index contributed by atoms with van der Waals surface area (Å²) in [7, 11) is 0. The van der Waals surface area contributed by atoms with E-state index in [-0.39, 0.29) is 6.61 Å². The fraction of sp³-hybridized carbons (Fsp3) is 0.176. The highest BCUT2D eigenvalue weighted by Crippen LogP contribution is 2.31. The van der Waals surface area contributed by atoms with Crippen LogP contribution < -0.4 is 0 Å². The van der Waals surface area contributed by atoms with Crippen molar-refractivity contribution in [2.45, 2.75) is 20.5 Å². The predicted octanol–water partition coefficient (Wildman–Crippen LogP) is 3.83. The zero-order chi connectivity index (χ0) is 16.0. The summed E-state index contributed by atoms with van der Waals surface area (Å²) in [5.41, 5.74) is 4.83. The van der Waals surface area contributed by atoms with E-state index < -0.39 is 0 Å². The van der Waals surface area contributed by atoms with E-state index in [2.05, 4.69) is 42.1 Å². The van der Waals surface area contributed by atoms with Gasteiger partial charge in [-0.1, -0.05) is 23.5 Å². The van der Waals surface area contributed by atoms with E-state index in [0.717, 1.165) is 15.5 Å². The summed E-state index contributed by atoms with van der Waals surface area (Å²) in [5, 5.41) is 15.2. The maximum absolute atomic E-state index is 9.73. The van der Waals surface area contributed by atoms with Gasteiger partial charge in [-0.3, -0.25) is 0 Å². The zero-order valence-electron chi connectivity index (χ0n) is 12.8. The number of fused-ring (bicyclic) bond motifs is 1. The number of furan rings is 1. The number of benzene rings is 1. The molecule has 1 N–H and O–H groups in total. The van der Waals surface area contributed by atoms with Crippen LogP contribution >= 0.6 is 11.3 Å². The SMILES string of the molecule is Cc1ccc(-c2nn3c(CO)c(-c4ccco4)nc3s2)cc1C. The molecule has 0 radical (unpaired) electrons. The highest BCUT2D eigenvalue weighted by atomic mass is 32.1. The fourth-order valence-electron chi connectivity index (χ4n) is 2.53. The zero-order valence-corrected chi connectivity index (χ0v) is 13.6. The molecule has 1 aromatic carbocycles. The minimum Gasteiger partial charge on any atom is -0.463 e. The lowest BCUT2D eigenvalue weighted by Crippen LogP contribution is -1.95. The van der Waals surface area contributed by atoms with E-state index in [9.17, 15) is 5.11 Å². The first-order chi connectivity index (χ1) is 11.2. The molecule has 0 aliphatic heterocycles. The molecule has 5 nitrogen and oxygen atoms in total. The Kier molecular flexibility index (Phi) is 3.28. The summed E-state index contributed by atoms with van der Waals surface area (Å²) in [6.45, 7) is 4.03. The molecule has 0 amide bonds. The standard InChI is InChI=1S/C17H15N3O2S/c1-10-5-6-12(8-11(10)2)16-19-20-13(9-21)15(18-17(20)23-16)14-4-3-7-22-14/h3-8,21H,9H2,1-2H3. The molecule has 3 aromatic heterocycles. The van der Waals surface area contributed by atoms with Crippen molar-refractivity contribution in [1.29, 1.82) is 0 Å². The van der Waals surface area contributed by atoms with Crippen molar-refractivity contribution >= 4 is 16.3 Å². The minimum absolute atomic E-state index is 0.146. The van der Waals surface area contributed by atoms with Gasteiger partial charge in [0, 0.05) is 5.56 Å². The second-order valence-electron chi connectivity index (χ2n) is 5.44. The normalized spacial score (nSPS) is 11.4. The van der Waals surface area contributed by atoms with Crippen LogP contribution in [0.3, 0.4) is 0 Å². The third-order valence-electron chi connectivity index (χ3n) is 3.95. The van der Waals surface area contributed by atoms with E-state index in [1.54, 1.807) is 16.8 Å². The van der Waals surface area contributed by atoms with Crippen LogP contribution in [0, 0.1) is 13.8 Å². The van der Waals surface area contributed by atoms with Gasteiger partial charge in [0.1, 0.15) is 16.4 Å². The first-order valence-electron chi connectivity index (χ1n) is 7.28. The van der Waals surface area contributed by atoms with Crippen LogP contribution in [-0.4, -0.2) is 19.7 Å². The van der Waals surface area contributed by atoms with Gasteiger partial charge in [-0.2, -0.15) is 5.10 Å². The number of aromatic nitrogens is 3. The Bertz CT molecular complexity index is 983. The molecule has 0 spiro atoms. The van der Waals surface area contributed by atoms with Gasteiger partial charge < -0.3 is 9.52 Å². The van der Waals surface area contributed by atoms with Crippen molar-refractivity contribution in [3.8, 4) is 22.0 Å². The average Bonchev–Trinajstić information content (AvgIpc) is 3.23. The van der Waals surface area contributed by atoms with E-state index in [4.69, 9.17) is 4.42 Å². The van der Waals surface area contributed by atoms with Crippen LogP contribution in [0.5, 0.6) is 0 Å². The van der Waals surface area contributed by atoms with Gasteiger partial charge in [0.05, 0.1) is 12.9 Å². The molecule has 0 saturated heterocycles. The number of imidazole rings is 1. The van der Waals surface area contributed by atoms with Crippen molar-refractivity contribution in [3.05, 3.63) is 53.4 Å². The fourth-order valence-corrected chi connectivity index (χ4v) is 3.45. The predicted molar refractivity (Wildman–Crippen MR) is 89.4 cm³/mol. The molecule has 0 atom stereocenters. The quantitative estimate of drug-likeness (QED) is 0.622. The summed E-state index contributed by atoms with van der Waals surface area (Å²) >= 11 is 1.50. The third kappa shape index (κ3) is 2.27. The van der Waals surface area contributed by atoms with E-state index in [1.165, 1.54) is 22.5 Å². The van der Waals surface area contributed by atoms with Gasteiger partial charge in [0.25, 0.3) is 0 Å². The summed E-state index contributed by atoms with van der Waals surface area (Å²) in [6, 6.07) is 9.91. The molecular weight excluding hydrogens is 310 g/mol. The van der Waals surface area contributed by atoms with E-state index >= 15 is 0 Å². The van der Waals surface area contributed by atoms with Gasteiger partial charge in [-0.15, -0.1) is 0 Å². The highest BCUT2D eigenvalue weighted by molar-refractivity contribution is 7.19. The van der Waals surface area contributed by atoms with Crippen molar-refractivity contribution in [2.24, 2.45) is 0 Å². The molecule has 0 saturated carbocycles. The molecule has 0 fully saturated rings. The molecule has 4 aromatic rings. The van der Waals surface area contributed by atoms with Gasteiger partial charge in [-0.25, -0.2) is 9.50 Å². The van der Waals surface area contributed by atoms with Crippen LogP contribution in [0.2, 0.25) is 0 Å². The molecule has 0 unspecified atom stereocenters. The Morgan fingerprint density at radius 2 is 2.09 bits per heavy atom.